The Morgan fingerprint density at radius 3 is 2.95 bits per heavy atom. The Kier molecular flexibility index (Phi) is 4.52. The van der Waals surface area contributed by atoms with Crippen molar-refractivity contribution in [2.75, 3.05) is 6.54 Å². The largest absolute Gasteiger partial charge is 0.491 e. The van der Waals surface area contributed by atoms with Crippen LogP contribution in [0.15, 0.2) is 28.8 Å². The Bertz CT molecular complexity index is 523. The lowest BCUT2D eigenvalue weighted by molar-refractivity contribution is 0.242. The van der Waals surface area contributed by atoms with Crippen LogP contribution in [-0.2, 0) is 6.42 Å². The Morgan fingerprint density at radius 1 is 1.37 bits per heavy atom. The highest BCUT2D eigenvalue weighted by Gasteiger charge is 2.09. The van der Waals surface area contributed by atoms with Gasteiger partial charge in [0.1, 0.15) is 5.75 Å². The molecule has 5 nitrogen and oxygen atoms in total. The van der Waals surface area contributed by atoms with E-state index in [4.69, 9.17) is 15.0 Å². The fourth-order valence-corrected chi connectivity index (χ4v) is 1.71. The van der Waals surface area contributed by atoms with Gasteiger partial charge in [0.05, 0.1) is 6.10 Å². The molecule has 2 rings (SSSR count). The maximum atomic E-state index is 5.64. The van der Waals surface area contributed by atoms with Crippen LogP contribution in [-0.4, -0.2) is 22.8 Å². The second-order valence-electron chi connectivity index (χ2n) is 4.60. The van der Waals surface area contributed by atoms with Gasteiger partial charge < -0.3 is 15.0 Å². The summed E-state index contributed by atoms with van der Waals surface area (Å²) in [7, 11) is 0. The Hall–Kier alpha value is -1.88. The standard InChI is InChI=1S/C14H19N3O2/c1-10(2)18-12-6-3-5-11(9-12)14-16-13(17-19-14)7-4-8-15/h3,5-6,9-10H,4,7-8,15H2,1-2H3. The summed E-state index contributed by atoms with van der Waals surface area (Å²) < 4.78 is 10.9. The van der Waals surface area contributed by atoms with E-state index in [-0.39, 0.29) is 6.10 Å². The second-order valence-corrected chi connectivity index (χ2v) is 4.60. The highest BCUT2D eigenvalue weighted by Crippen LogP contribution is 2.23. The molecule has 0 bridgehead atoms. The second kappa shape index (κ2) is 6.33. The number of ether oxygens (including phenoxy) is 1. The SMILES string of the molecule is CC(C)Oc1cccc(-c2nc(CCCN)no2)c1. The summed E-state index contributed by atoms with van der Waals surface area (Å²) in [5.41, 5.74) is 6.32. The minimum absolute atomic E-state index is 0.137. The molecule has 0 spiro atoms. The lowest BCUT2D eigenvalue weighted by Crippen LogP contribution is -2.05. The van der Waals surface area contributed by atoms with Crippen molar-refractivity contribution in [3.05, 3.63) is 30.1 Å². The molecule has 0 atom stereocenters. The zero-order valence-corrected chi connectivity index (χ0v) is 11.3. The van der Waals surface area contributed by atoms with Crippen LogP contribution in [0.25, 0.3) is 11.5 Å². The van der Waals surface area contributed by atoms with Crippen LogP contribution in [0.5, 0.6) is 5.75 Å². The fraction of sp³-hybridized carbons (Fsp3) is 0.429. The molecule has 1 aromatic carbocycles. The fourth-order valence-electron chi connectivity index (χ4n) is 1.71. The van der Waals surface area contributed by atoms with E-state index in [0.29, 0.717) is 18.3 Å². The van der Waals surface area contributed by atoms with Crippen LogP contribution in [0.3, 0.4) is 0 Å². The summed E-state index contributed by atoms with van der Waals surface area (Å²) in [4.78, 5) is 4.35. The van der Waals surface area contributed by atoms with Crippen molar-refractivity contribution in [2.24, 2.45) is 5.73 Å². The molecule has 2 aromatic rings. The summed E-state index contributed by atoms with van der Waals surface area (Å²) in [6.45, 7) is 4.61. The molecule has 0 amide bonds. The first-order valence-corrected chi connectivity index (χ1v) is 6.49. The maximum absolute atomic E-state index is 5.64. The van der Waals surface area contributed by atoms with E-state index in [9.17, 15) is 0 Å². The number of nitrogens with zero attached hydrogens (tertiary/aromatic N) is 2. The molecule has 19 heavy (non-hydrogen) atoms. The third-order valence-corrected chi connectivity index (χ3v) is 2.53. The van der Waals surface area contributed by atoms with Gasteiger partial charge in [-0.05, 0) is 45.0 Å². The van der Waals surface area contributed by atoms with Crippen LogP contribution in [0.4, 0.5) is 0 Å². The Morgan fingerprint density at radius 2 is 2.21 bits per heavy atom. The van der Waals surface area contributed by atoms with Crippen molar-refractivity contribution in [3.8, 4) is 17.2 Å². The van der Waals surface area contributed by atoms with Crippen molar-refractivity contribution in [1.29, 1.82) is 0 Å². The highest BCUT2D eigenvalue weighted by molar-refractivity contribution is 5.55. The molecular formula is C14H19N3O2. The minimum Gasteiger partial charge on any atom is -0.491 e. The van der Waals surface area contributed by atoms with Crippen molar-refractivity contribution in [2.45, 2.75) is 32.8 Å². The number of hydrogen-bond acceptors (Lipinski definition) is 5. The number of benzene rings is 1. The Labute approximate surface area is 112 Å². The molecule has 1 aromatic heterocycles. The zero-order chi connectivity index (χ0) is 13.7. The van der Waals surface area contributed by atoms with Gasteiger partial charge in [-0.1, -0.05) is 11.2 Å². The van der Waals surface area contributed by atoms with Gasteiger partial charge in [0.15, 0.2) is 5.82 Å². The molecule has 0 aliphatic rings. The molecule has 2 N–H and O–H groups in total. The normalized spacial score (nSPS) is 10.9. The van der Waals surface area contributed by atoms with E-state index >= 15 is 0 Å². The quantitative estimate of drug-likeness (QED) is 0.864. The number of aryl methyl sites for hydroxylation is 1. The van der Waals surface area contributed by atoms with Gasteiger partial charge in [0, 0.05) is 12.0 Å². The summed E-state index contributed by atoms with van der Waals surface area (Å²) in [5.74, 6) is 2.01. The zero-order valence-electron chi connectivity index (χ0n) is 11.3. The molecule has 1 heterocycles. The molecule has 0 unspecified atom stereocenters. The smallest absolute Gasteiger partial charge is 0.258 e. The van der Waals surface area contributed by atoms with E-state index in [1.807, 2.05) is 38.1 Å². The van der Waals surface area contributed by atoms with E-state index in [1.54, 1.807) is 0 Å². The van der Waals surface area contributed by atoms with Gasteiger partial charge in [-0.3, -0.25) is 0 Å². The summed E-state index contributed by atoms with van der Waals surface area (Å²) >= 11 is 0. The molecule has 0 fully saturated rings. The van der Waals surface area contributed by atoms with Crippen LogP contribution in [0, 0.1) is 0 Å². The first-order valence-electron chi connectivity index (χ1n) is 6.49. The number of rotatable bonds is 6. The average molecular weight is 261 g/mol. The number of aromatic nitrogens is 2. The molecule has 0 radical (unpaired) electrons. The highest BCUT2D eigenvalue weighted by atomic mass is 16.5. The van der Waals surface area contributed by atoms with Gasteiger partial charge in [-0.15, -0.1) is 0 Å². The van der Waals surface area contributed by atoms with Crippen molar-refractivity contribution in [1.82, 2.24) is 10.1 Å². The third-order valence-electron chi connectivity index (χ3n) is 2.53. The summed E-state index contributed by atoms with van der Waals surface area (Å²) in [6, 6.07) is 7.65. The van der Waals surface area contributed by atoms with Gasteiger partial charge in [0.25, 0.3) is 5.89 Å². The summed E-state index contributed by atoms with van der Waals surface area (Å²) in [6.07, 6.45) is 1.73. The molecule has 102 valence electrons. The van der Waals surface area contributed by atoms with Crippen molar-refractivity contribution < 1.29 is 9.26 Å². The number of hydrogen-bond donors (Lipinski definition) is 1. The van der Waals surface area contributed by atoms with Gasteiger partial charge in [-0.2, -0.15) is 4.98 Å². The van der Waals surface area contributed by atoms with E-state index < -0.39 is 0 Å². The van der Waals surface area contributed by atoms with Crippen LogP contribution >= 0.6 is 0 Å². The third kappa shape index (κ3) is 3.79. The van der Waals surface area contributed by atoms with Gasteiger partial charge in [0.2, 0.25) is 0 Å². The first-order chi connectivity index (χ1) is 9.19. The van der Waals surface area contributed by atoms with Crippen molar-refractivity contribution in [3.63, 3.8) is 0 Å². The number of nitrogens with two attached hydrogens (primary N) is 1. The molecule has 5 heteroatoms. The van der Waals surface area contributed by atoms with Crippen LogP contribution in [0.1, 0.15) is 26.1 Å². The van der Waals surface area contributed by atoms with Crippen LogP contribution < -0.4 is 10.5 Å². The summed E-state index contributed by atoms with van der Waals surface area (Å²) in [5, 5.41) is 3.94. The molecule has 0 aliphatic heterocycles. The van der Waals surface area contributed by atoms with Gasteiger partial charge in [-0.25, -0.2) is 0 Å². The van der Waals surface area contributed by atoms with E-state index in [0.717, 1.165) is 24.2 Å². The predicted octanol–water partition coefficient (Wildman–Crippen LogP) is 2.42. The predicted molar refractivity (Wildman–Crippen MR) is 72.9 cm³/mol. The van der Waals surface area contributed by atoms with Crippen LogP contribution in [0.2, 0.25) is 0 Å². The molecular weight excluding hydrogens is 242 g/mol. The lowest BCUT2D eigenvalue weighted by Gasteiger charge is -2.09. The van der Waals surface area contributed by atoms with Gasteiger partial charge >= 0.3 is 0 Å². The Balaban J connectivity index is 2.14. The molecule has 0 saturated heterocycles. The van der Waals surface area contributed by atoms with E-state index in [2.05, 4.69) is 10.1 Å². The van der Waals surface area contributed by atoms with Crippen molar-refractivity contribution >= 4 is 0 Å². The monoisotopic (exact) mass is 261 g/mol. The minimum atomic E-state index is 0.137. The topological polar surface area (TPSA) is 74.2 Å². The average Bonchev–Trinajstić information content (AvgIpc) is 2.84. The lowest BCUT2D eigenvalue weighted by atomic mass is 10.2. The van der Waals surface area contributed by atoms with E-state index in [1.165, 1.54) is 0 Å². The maximum Gasteiger partial charge on any atom is 0.258 e. The molecule has 0 saturated carbocycles. The first kappa shape index (κ1) is 13.5. The molecule has 0 aliphatic carbocycles.